The lowest BCUT2D eigenvalue weighted by atomic mass is 9.72. The molecule has 2 aliphatic rings. The van der Waals surface area contributed by atoms with Crippen LogP contribution in [0.1, 0.15) is 135 Å². The summed E-state index contributed by atoms with van der Waals surface area (Å²) in [6.07, 6.45) is 4.92. The molecule has 9 nitrogen and oxygen atoms in total. The number of piperazine rings is 1. The molecule has 1 aliphatic carbocycles. The maximum atomic E-state index is 13.9. The van der Waals surface area contributed by atoms with Crippen LogP contribution in [-0.4, -0.2) is 69.4 Å². The highest BCUT2D eigenvalue weighted by Crippen LogP contribution is 2.43. The molecule has 1 atom stereocenters. The number of amides is 2. The molecule has 0 unspecified atom stereocenters. The Morgan fingerprint density at radius 3 is 2.25 bits per heavy atom. The Bertz CT molecular complexity index is 1380. The van der Waals surface area contributed by atoms with E-state index in [-0.39, 0.29) is 35.8 Å². The molecule has 2 fully saturated rings. The van der Waals surface area contributed by atoms with Crippen LogP contribution >= 0.6 is 0 Å². The number of fused-ring (bicyclic) bond motifs is 1. The molecular weight excluding hydrogens is 556 g/mol. The van der Waals surface area contributed by atoms with E-state index >= 15 is 0 Å². The zero-order valence-corrected chi connectivity index (χ0v) is 28.6. The summed E-state index contributed by atoms with van der Waals surface area (Å²) in [5, 5.41) is 0. The Kier molecular flexibility index (Phi) is 9.34. The van der Waals surface area contributed by atoms with Crippen LogP contribution in [-0.2, 0) is 19.7 Å². The van der Waals surface area contributed by atoms with Crippen molar-refractivity contribution < 1.29 is 23.5 Å². The van der Waals surface area contributed by atoms with Gasteiger partial charge in [0.05, 0.1) is 5.54 Å². The van der Waals surface area contributed by atoms with Crippen LogP contribution < -0.4 is 5.73 Å². The number of hydrogen-bond acceptors (Lipinski definition) is 7. The molecule has 4 rings (SSSR count). The highest BCUT2D eigenvalue weighted by atomic mass is 16.6. The summed E-state index contributed by atoms with van der Waals surface area (Å²) in [6, 6.07) is 3.14. The topological polar surface area (TPSA) is 119 Å². The summed E-state index contributed by atoms with van der Waals surface area (Å²) in [7, 11) is 0. The predicted octanol–water partition coefficient (Wildman–Crippen LogP) is 6.32. The SMILES string of the molecule is CC1(C)CCC(c2cc(C(C)(C)C)c3oc(C(=O)N4CCN(C(=O)CC[C@H](N)C(=O)OC(C)(C)C)CC4(C)C)cc3n2)CC1. The number of pyridine rings is 1. The molecule has 3 heterocycles. The smallest absolute Gasteiger partial charge is 0.323 e. The Hall–Kier alpha value is -2.94. The van der Waals surface area contributed by atoms with E-state index in [0.29, 0.717) is 36.6 Å². The van der Waals surface area contributed by atoms with Crippen molar-refractivity contribution in [2.24, 2.45) is 11.1 Å². The molecule has 244 valence electrons. The van der Waals surface area contributed by atoms with Crippen LogP contribution in [0.25, 0.3) is 11.1 Å². The number of nitrogens with two attached hydrogens (primary N) is 1. The molecule has 2 aromatic heterocycles. The zero-order valence-electron chi connectivity index (χ0n) is 28.6. The number of aromatic nitrogens is 1. The van der Waals surface area contributed by atoms with Crippen molar-refractivity contribution in [2.45, 2.75) is 136 Å². The first kappa shape index (κ1) is 33.9. The third-order valence-corrected chi connectivity index (χ3v) is 9.15. The van der Waals surface area contributed by atoms with Gasteiger partial charge in [0.1, 0.15) is 17.2 Å². The largest absolute Gasteiger partial charge is 0.459 e. The quantitative estimate of drug-likeness (QED) is 0.380. The van der Waals surface area contributed by atoms with Gasteiger partial charge in [-0.25, -0.2) is 4.98 Å². The number of carbonyl (C=O) groups is 3. The van der Waals surface area contributed by atoms with Crippen LogP contribution in [0.15, 0.2) is 16.5 Å². The maximum Gasteiger partial charge on any atom is 0.323 e. The first-order valence-electron chi connectivity index (χ1n) is 16.2. The summed E-state index contributed by atoms with van der Waals surface area (Å²) >= 11 is 0. The highest BCUT2D eigenvalue weighted by molar-refractivity contribution is 5.96. The Balaban J connectivity index is 1.48. The number of nitrogens with zero attached hydrogens (tertiary/aromatic N) is 3. The Labute approximate surface area is 263 Å². The highest BCUT2D eigenvalue weighted by Gasteiger charge is 2.40. The van der Waals surface area contributed by atoms with Gasteiger partial charge >= 0.3 is 5.97 Å². The predicted molar refractivity (Wildman–Crippen MR) is 172 cm³/mol. The molecule has 44 heavy (non-hydrogen) atoms. The molecule has 9 heteroatoms. The van der Waals surface area contributed by atoms with Crippen molar-refractivity contribution in [1.82, 2.24) is 14.8 Å². The minimum absolute atomic E-state index is 0.0921. The molecule has 2 N–H and O–H groups in total. The summed E-state index contributed by atoms with van der Waals surface area (Å²) in [5.74, 6) is -0.119. The number of esters is 1. The second kappa shape index (κ2) is 12.1. The van der Waals surface area contributed by atoms with Gasteiger partial charge in [-0.2, -0.15) is 0 Å². The van der Waals surface area contributed by atoms with Gasteiger partial charge < -0.3 is 24.7 Å². The second-order valence-corrected chi connectivity index (χ2v) is 16.4. The van der Waals surface area contributed by atoms with Gasteiger partial charge in [0.2, 0.25) is 5.91 Å². The van der Waals surface area contributed by atoms with Gasteiger partial charge in [-0.3, -0.25) is 14.4 Å². The fraction of sp³-hybridized carbons (Fsp3) is 0.714. The molecule has 0 radical (unpaired) electrons. The van der Waals surface area contributed by atoms with Gasteiger partial charge in [0.15, 0.2) is 11.3 Å². The first-order valence-corrected chi connectivity index (χ1v) is 16.2. The van der Waals surface area contributed by atoms with E-state index in [1.165, 1.54) is 12.8 Å². The van der Waals surface area contributed by atoms with Gasteiger partial charge in [-0.1, -0.05) is 34.6 Å². The lowest BCUT2D eigenvalue weighted by Gasteiger charge is -2.46. The van der Waals surface area contributed by atoms with E-state index in [0.717, 1.165) is 29.6 Å². The normalized spacial score (nSPS) is 20.1. The third-order valence-electron chi connectivity index (χ3n) is 9.15. The van der Waals surface area contributed by atoms with E-state index in [9.17, 15) is 14.4 Å². The van der Waals surface area contributed by atoms with Crippen molar-refractivity contribution in [3.05, 3.63) is 29.2 Å². The van der Waals surface area contributed by atoms with E-state index in [1.54, 1.807) is 36.6 Å². The van der Waals surface area contributed by atoms with Gasteiger partial charge in [-0.05, 0) is 83.6 Å². The fourth-order valence-corrected chi connectivity index (χ4v) is 6.42. The molecule has 1 aliphatic heterocycles. The summed E-state index contributed by atoms with van der Waals surface area (Å²) in [5.41, 5.74) is 8.50. The third kappa shape index (κ3) is 7.82. The average molecular weight is 611 g/mol. The van der Waals surface area contributed by atoms with Gasteiger partial charge in [-0.15, -0.1) is 0 Å². The number of furan rings is 1. The van der Waals surface area contributed by atoms with Crippen molar-refractivity contribution in [3.63, 3.8) is 0 Å². The van der Waals surface area contributed by atoms with E-state index in [2.05, 4.69) is 40.7 Å². The van der Waals surface area contributed by atoms with Crippen LogP contribution in [0.2, 0.25) is 0 Å². The lowest BCUT2D eigenvalue weighted by molar-refractivity contribution is -0.156. The van der Waals surface area contributed by atoms with Crippen LogP contribution in [0.5, 0.6) is 0 Å². The Morgan fingerprint density at radius 1 is 1.05 bits per heavy atom. The van der Waals surface area contributed by atoms with Crippen LogP contribution in [0, 0.1) is 5.41 Å². The summed E-state index contributed by atoms with van der Waals surface area (Å²) < 4.78 is 11.7. The van der Waals surface area contributed by atoms with Crippen molar-refractivity contribution in [2.75, 3.05) is 19.6 Å². The number of carbonyl (C=O) groups excluding carboxylic acids is 3. The summed E-state index contributed by atoms with van der Waals surface area (Å²) in [4.78, 5) is 47.8. The number of hydrogen-bond donors (Lipinski definition) is 1. The first-order chi connectivity index (χ1) is 20.2. The maximum absolute atomic E-state index is 13.9. The minimum atomic E-state index is -0.862. The van der Waals surface area contributed by atoms with Crippen molar-refractivity contribution >= 4 is 28.9 Å². The van der Waals surface area contributed by atoms with Crippen molar-refractivity contribution in [1.29, 1.82) is 0 Å². The molecule has 2 amide bonds. The monoisotopic (exact) mass is 610 g/mol. The standard InChI is InChI=1S/C35H54N4O5/c1-32(2,3)23-19-25(22-13-15-34(7,8)16-14-22)37-26-20-27(43-29(23)26)30(41)39-18-17-38(21-35(39,9)10)28(40)12-11-24(36)31(42)44-33(4,5)6/h19-20,22,24H,11-18,21,36H2,1-10H3/t24-/m0/s1. The lowest BCUT2D eigenvalue weighted by Crippen LogP contribution is -2.62. The van der Waals surface area contributed by atoms with E-state index in [1.807, 2.05) is 13.8 Å². The molecule has 1 saturated heterocycles. The number of ether oxygens (including phenoxy) is 1. The van der Waals surface area contributed by atoms with Crippen LogP contribution in [0.4, 0.5) is 0 Å². The molecular formula is C35H54N4O5. The Morgan fingerprint density at radius 2 is 1.68 bits per heavy atom. The second-order valence-electron chi connectivity index (χ2n) is 16.4. The minimum Gasteiger partial charge on any atom is -0.459 e. The van der Waals surface area contributed by atoms with E-state index < -0.39 is 23.2 Å². The van der Waals surface area contributed by atoms with E-state index in [4.69, 9.17) is 19.9 Å². The molecule has 1 saturated carbocycles. The fourth-order valence-electron chi connectivity index (χ4n) is 6.42. The van der Waals surface area contributed by atoms with Crippen LogP contribution in [0.3, 0.4) is 0 Å². The zero-order chi connectivity index (χ0) is 32.8. The van der Waals surface area contributed by atoms with Crippen molar-refractivity contribution in [3.8, 4) is 0 Å². The molecule has 2 aromatic rings. The molecule has 0 aromatic carbocycles. The molecule has 0 spiro atoms. The average Bonchev–Trinajstić information content (AvgIpc) is 3.32. The van der Waals surface area contributed by atoms with Gasteiger partial charge in [0.25, 0.3) is 5.91 Å². The molecule has 0 bridgehead atoms. The number of rotatable bonds is 6. The van der Waals surface area contributed by atoms with Gasteiger partial charge in [0, 0.05) is 49.3 Å². The summed E-state index contributed by atoms with van der Waals surface area (Å²) in [6.45, 7) is 21.6.